The molecule has 1 unspecified atom stereocenters. The highest BCUT2D eigenvalue weighted by atomic mass is 32.2. The minimum absolute atomic E-state index is 0.0278. The Balaban J connectivity index is 1.26. The zero-order chi connectivity index (χ0) is 29.2. The van der Waals surface area contributed by atoms with Gasteiger partial charge in [-0.25, -0.2) is 21.6 Å². The molecule has 222 valence electrons. The van der Waals surface area contributed by atoms with E-state index in [1.165, 1.54) is 31.3 Å². The van der Waals surface area contributed by atoms with E-state index in [9.17, 15) is 35.1 Å². The molecule has 15 heteroatoms. The van der Waals surface area contributed by atoms with Crippen molar-refractivity contribution >= 4 is 20.0 Å². The summed E-state index contributed by atoms with van der Waals surface area (Å²) in [6.45, 7) is 0.482. The van der Waals surface area contributed by atoms with E-state index < -0.39 is 48.4 Å². The third-order valence-electron chi connectivity index (χ3n) is 7.12. The lowest BCUT2D eigenvalue weighted by Crippen LogP contribution is -2.47. The lowest BCUT2D eigenvalue weighted by atomic mass is 9.88. The van der Waals surface area contributed by atoms with Gasteiger partial charge in [-0.05, 0) is 50.6 Å². The van der Waals surface area contributed by atoms with Crippen LogP contribution in [0, 0.1) is 0 Å². The molecule has 0 aliphatic carbocycles. The monoisotopic (exact) mass is 607 g/mol. The molecule has 2 aromatic carbocycles. The van der Waals surface area contributed by atoms with Crippen molar-refractivity contribution in [3.63, 3.8) is 0 Å². The van der Waals surface area contributed by atoms with Crippen LogP contribution in [0.2, 0.25) is 0 Å². The molecule has 2 atom stereocenters. The van der Waals surface area contributed by atoms with E-state index in [-0.39, 0.29) is 42.9 Å². The lowest BCUT2D eigenvalue weighted by molar-refractivity contribution is -0.140. The fourth-order valence-corrected chi connectivity index (χ4v) is 7.34. The number of ether oxygens (including phenoxy) is 2. The molecule has 4 rings (SSSR count). The summed E-state index contributed by atoms with van der Waals surface area (Å²) < 4.78 is 105. The molecule has 0 amide bonds. The maximum atomic E-state index is 13.4. The van der Waals surface area contributed by atoms with Crippen molar-refractivity contribution < 1.29 is 44.6 Å². The first-order valence-electron chi connectivity index (χ1n) is 12.6. The summed E-state index contributed by atoms with van der Waals surface area (Å²) in [5.41, 5.74) is -1.79. The van der Waals surface area contributed by atoms with Gasteiger partial charge in [-0.15, -0.1) is 0 Å². The molecule has 2 aliphatic heterocycles. The predicted octanol–water partition coefficient (Wildman–Crippen LogP) is 1.96. The second-order valence-electron chi connectivity index (χ2n) is 9.85. The highest BCUT2D eigenvalue weighted by Gasteiger charge is 2.46. The highest BCUT2D eigenvalue weighted by molar-refractivity contribution is 7.89. The van der Waals surface area contributed by atoms with Crippen molar-refractivity contribution in [2.24, 2.45) is 0 Å². The number of hydrogen-bond acceptors (Lipinski definition) is 8. The minimum Gasteiger partial charge on any atom is -0.491 e. The van der Waals surface area contributed by atoms with E-state index in [0.29, 0.717) is 25.9 Å². The van der Waals surface area contributed by atoms with Crippen molar-refractivity contribution in [2.45, 2.75) is 53.0 Å². The number of aliphatic hydroxyl groups is 1. The van der Waals surface area contributed by atoms with Crippen LogP contribution in [0.5, 0.6) is 5.75 Å². The van der Waals surface area contributed by atoms with Crippen LogP contribution in [0.15, 0.2) is 58.3 Å². The largest absolute Gasteiger partial charge is 0.491 e. The first kappa shape index (κ1) is 30.7. The predicted molar refractivity (Wildman–Crippen MR) is 139 cm³/mol. The molecular weight excluding hydrogens is 575 g/mol. The zero-order valence-electron chi connectivity index (χ0n) is 21.7. The van der Waals surface area contributed by atoms with Crippen molar-refractivity contribution in [3.05, 3.63) is 54.1 Å². The first-order valence-corrected chi connectivity index (χ1v) is 15.6. The van der Waals surface area contributed by atoms with E-state index in [4.69, 9.17) is 9.47 Å². The van der Waals surface area contributed by atoms with Gasteiger partial charge in [0.1, 0.15) is 18.5 Å². The average Bonchev–Trinajstić information content (AvgIpc) is 3.32. The Morgan fingerprint density at radius 1 is 1.12 bits per heavy atom. The number of aliphatic hydroxyl groups excluding tert-OH is 1. The number of piperidine rings is 1. The normalized spacial score (nSPS) is 21.0. The van der Waals surface area contributed by atoms with Gasteiger partial charge in [0, 0.05) is 31.7 Å². The summed E-state index contributed by atoms with van der Waals surface area (Å²) in [5, 5.41) is 13.6. The van der Waals surface area contributed by atoms with Crippen LogP contribution in [0.25, 0.3) is 0 Å². The Morgan fingerprint density at radius 2 is 1.82 bits per heavy atom. The standard InChI is InChI=1S/C25H32F3N3O7S2/c1-29-39(33,34)21-6-4-5-20(13-21)37-17-19(32)15-30-18-14-24(38-16-18)9-11-31(12-10-24)40(35,36)23-8-3-2-7-22(23)25(26,27)28/h2-8,13,18-19,29-30,32H,9-12,14-17H2,1H3/t18?,19-/m0/s1. The molecule has 0 radical (unpaired) electrons. The Bertz CT molecular complexity index is 1400. The van der Waals surface area contributed by atoms with Crippen molar-refractivity contribution in [3.8, 4) is 5.75 Å². The van der Waals surface area contributed by atoms with E-state index >= 15 is 0 Å². The van der Waals surface area contributed by atoms with Gasteiger partial charge in [0.25, 0.3) is 0 Å². The Morgan fingerprint density at radius 3 is 2.50 bits per heavy atom. The van der Waals surface area contributed by atoms with Crippen molar-refractivity contribution in [2.75, 3.05) is 39.9 Å². The van der Waals surface area contributed by atoms with Crippen LogP contribution in [0.1, 0.15) is 24.8 Å². The van der Waals surface area contributed by atoms with Gasteiger partial charge >= 0.3 is 6.18 Å². The third-order valence-corrected chi connectivity index (χ3v) is 10.5. The molecule has 0 bridgehead atoms. The minimum atomic E-state index is -4.79. The number of nitrogens with zero attached hydrogens (tertiary/aromatic N) is 1. The molecular formula is C25H32F3N3O7S2. The smallest absolute Gasteiger partial charge is 0.417 e. The summed E-state index contributed by atoms with van der Waals surface area (Å²) in [6, 6.07) is 9.95. The van der Waals surface area contributed by atoms with Gasteiger partial charge in [-0.3, -0.25) is 0 Å². The van der Waals surface area contributed by atoms with Crippen LogP contribution in [-0.2, 0) is 31.0 Å². The maximum absolute atomic E-state index is 13.4. The third kappa shape index (κ3) is 6.95. The first-order chi connectivity index (χ1) is 18.8. The molecule has 40 heavy (non-hydrogen) atoms. The number of rotatable bonds is 10. The molecule has 2 fully saturated rings. The fourth-order valence-electron chi connectivity index (χ4n) is 4.93. The van der Waals surface area contributed by atoms with Gasteiger partial charge in [-0.2, -0.15) is 17.5 Å². The van der Waals surface area contributed by atoms with Crippen molar-refractivity contribution in [1.29, 1.82) is 0 Å². The topological polar surface area (TPSA) is 134 Å². The number of hydrogen-bond donors (Lipinski definition) is 3. The molecule has 2 heterocycles. The van der Waals surface area contributed by atoms with E-state index in [2.05, 4.69) is 10.0 Å². The Hall–Kier alpha value is -2.27. The van der Waals surface area contributed by atoms with Crippen LogP contribution in [0.4, 0.5) is 13.2 Å². The Labute approximate surface area is 231 Å². The van der Waals surface area contributed by atoms with E-state index in [0.717, 1.165) is 22.5 Å². The van der Waals surface area contributed by atoms with Crippen LogP contribution in [-0.4, -0.2) is 83.9 Å². The van der Waals surface area contributed by atoms with Crippen LogP contribution >= 0.6 is 0 Å². The summed E-state index contributed by atoms with van der Waals surface area (Å²) in [5.74, 6) is 0.290. The lowest BCUT2D eigenvalue weighted by Gasteiger charge is -2.38. The molecule has 1 spiro atoms. The number of benzene rings is 2. The van der Waals surface area contributed by atoms with Gasteiger partial charge in [0.2, 0.25) is 20.0 Å². The second kappa shape index (κ2) is 11.9. The van der Waals surface area contributed by atoms with Gasteiger partial charge in [-0.1, -0.05) is 18.2 Å². The molecule has 0 aromatic heterocycles. The van der Waals surface area contributed by atoms with Gasteiger partial charge < -0.3 is 19.9 Å². The highest BCUT2D eigenvalue weighted by Crippen LogP contribution is 2.39. The molecule has 2 saturated heterocycles. The van der Waals surface area contributed by atoms with Crippen LogP contribution in [0.3, 0.4) is 0 Å². The number of nitrogens with one attached hydrogen (secondary N) is 2. The van der Waals surface area contributed by atoms with E-state index in [1.807, 2.05) is 0 Å². The number of alkyl halides is 3. The summed E-state index contributed by atoms with van der Waals surface area (Å²) in [6.07, 6.45) is -4.48. The molecule has 2 aromatic rings. The van der Waals surface area contributed by atoms with Gasteiger partial charge in [0.15, 0.2) is 0 Å². The van der Waals surface area contributed by atoms with Crippen molar-refractivity contribution in [1.82, 2.24) is 14.3 Å². The van der Waals surface area contributed by atoms with Crippen LogP contribution < -0.4 is 14.8 Å². The fraction of sp³-hybridized carbons (Fsp3) is 0.520. The Kier molecular flexibility index (Phi) is 9.14. The SMILES string of the molecule is CNS(=O)(=O)c1cccc(OC[C@@H](O)CNC2COC3(CCN(S(=O)(=O)c4ccccc4C(F)(F)F)CC3)C2)c1. The van der Waals surface area contributed by atoms with E-state index in [1.54, 1.807) is 6.07 Å². The second-order valence-corrected chi connectivity index (χ2v) is 13.6. The molecule has 3 N–H and O–H groups in total. The summed E-state index contributed by atoms with van der Waals surface area (Å²) in [7, 11) is -6.67. The molecule has 2 aliphatic rings. The number of halogens is 3. The summed E-state index contributed by atoms with van der Waals surface area (Å²) in [4.78, 5) is -0.714. The quantitative estimate of drug-likeness (QED) is 0.373. The maximum Gasteiger partial charge on any atom is 0.417 e. The zero-order valence-corrected chi connectivity index (χ0v) is 23.4. The number of sulfonamides is 2. The summed E-state index contributed by atoms with van der Waals surface area (Å²) >= 11 is 0. The molecule has 0 saturated carbocycles. The average molecular weight is 608 g/mol. The molecule has 10 nitrogen and oxygen atoms in total. The van der Waals surface area contributed by atoms with Gasteiger partial charge in [0.05, 0.1) is 27.6 Å².